The fourth-order valence-corrected chi connectivity index (χ4v) is 3.40. The second-order valence-corrected chi connectivity index (χ2v) is 6.64. The van der Waals surface area contributed by atoms with Crippen LogP contribution in [0.1, 0.15) is 6.92 Å². The molecule has 2 N–H and O–H groups in total. The van der Waals surface area contributed by atoms with Crippen molar-refractivity contribution in [1.29, 1.82) is 0 Å². The molecule has 1 aliphatic heterocycles. The number of nitro groups is 1. The molecule has 0 radical (unpaired) electrons. The van der Waals surface area contributed by atoms with E-state index in [0.717, 1.165) is 42.5 Å². The number of anilines is 2. The lowest BCUT2D eigenvalue weighted by Gasteiger charge is -2.34. The minimum absolute atomic E-state index is 0.0943. The monoisotopic (exact) mass is 385 g/mol. The Morgan fingerprint density at radius 3 is 2.57 bits per heavy atom. The number of ether oxygens (including phenoxy) is 1. The van der Waals surface area contributed by atoms with Gasteiger partial charge in [0.25, 0.3) is 11.6 Å². The standard InChI is InChI=1S/C20H24N4O4/c1-2-28-19-10-6-5-9-18(19)23-13-11-22(12-14-23)15-20(25)21-16-7-3-4-8-17(16)24(26)27/h3-10H,2,11-15H2,1H3,(H,21,25)/p+1. The van der Waals surface area contributed by atoms with Gasteiger partial charge in [-0.2, -0.15) is 0 Å². The number of hydrogen-bond donors (Lipinski definition) is 2. The Morgan fingerprint density at radius 2 is 1.86 bits per heavy atom. The lowest BCUT2D eigenvalue weighted by Crippen LogP contribution is -3.15. The van der Waals surface area contributed by atoms with Gasteiger partial charge in [0.05, 0.1) is 43.4 Å². The number of carbonyl (C=O) groups excluding carboxylic acids is 1. The molecule has 148 valence electrons. The van der Waals surface area contributed by atoms with Gasteiger partial charge in [-0.25, -0.2) is 0 Å². The van der Waals surface area contributed by atoms with Gasteiger partial charge in [0, 0.05) is 6.07 Å². The third-order valence-electron chi connectivity index (χ3n) is 4.76. The van der Waals surface area contributed by atoms with Crippen LogP contribution < -0.4 is 19.9 Å². The Morgan fingerprint density at radius 1 is 1.18 bits per heavy atom. The SMILES string of the molecule is CCOc1ccccc1N1CC[NH+](CC(=O)Nc2ccccc2[N+](=O)[O-])CC1. The van der Waals surface area contributed by atoms with Gasteiger partial charge in [-0.05, 0) is 25.1 Å². The number of piperazine rings is 1. The summed E-state index contributed by atoms with van der Waals surface area (Å²) in [5.41, 5.74) is 1.22. The molecule has 1 fully saturated rings. The van der Waals surface area contributed by atoms with E-state index in [1.54, 1.807) is 18.2 Å². The van der Waals surface area contributed by atoms with E-state index in [9.17, 15) is 14.9 Å². The summed E-state index contributed by atoms with van der Waals surface area (Å²) in [5.74, 6) is 0.662. The molecule has 1 saturated heterocycles. The van der Waals surface area contributed by atoms with Gasteiger partial charge in [-0.3, -0.25) is 14.9 Å². The van der Waals surface area contributed by atoms with Crippen molar-refractivity contribution in [2.75, 3.05) is 49.5 Å². The van der Waals surface area contributed by atoms with Crippen molar-refractivity contribution in [2.24, 2.45) is 0 Å². The van der Waals surface area contributed by atoms with E-state index in [2.05, 4.69) is 16.3 Å². The first-order valence-corrected chi connectivity index (χ1v) is 9.42. The van der Waals surface area contributed by atoms with Crippen LogP contribution in [0.4, 0.5) is 17.1 Å². The molecule has 28 heavy (non-hydrogen) atoms. The summed E-state index contributed by atoms with van der Waals surface area (Å²) in [6, 6.07) is 14.2. The van der Waals surface area contributed by atoms with E-state index < -0.39 is 4.92 Å². The van der Waals surface area contributed by atoms with Crippen LogP contribution in [0.25, 0.3) is 0 Å². The number of para-hydroxylation sites is 4. The molecule has 2 aromatic rings. The normalized spacial score (nSPS) is 14.5. The van der Waals surface area contributed by atoms with Crippen molar-refractivity contribution in [3.63, 3.8) is 0 Å². The van der Waals surface area contributed by atoms with Gasteiger partial charge in [-0.1, -0.05) is 24.3 Å². The molecule has 0 aromatic heterocycles. The van der Waals surface area contributed by atoms with Crippen LogP contribution in [0.3, 0.4) is 0 Å². The van der Waals surface area contributed by atoms with Crippen LogP contribution in [0.5, 0.6) is 5.75 Å². The number of amides is 1. The molecule has 0 saturated carbocycles. The molecule has 3 rings (SSSR count). The summed E-state index contributed by atoms with van der Waals surface area (Å²) >= 11 is 0. The van der Waals surface area contributed by atoms with E-state index in [0.29, 0.717) is 6.61 Å². The highest BCUT2D eigenvalue weighted by Crippen LogP contribution is 2.27. The Hall–Kier alpha value is -3.13. The number of hydrogen-bond acceptors (Lipinski definition) is 5. The smallest absolute Gasteiger partial charge is 0.292 e. The van der Waals surface area contributed by atoms with Crippen LogP contribution in [0.15, 0.2) is 48.5 Å². The summed E-state index contributed by atoms with van der Waals surface area (Å²) in [6.45, 7) is 6.13. The highest BCUT2D eigenvalue weighted by atomic mass is 16.6. The largest absolute Gasteiger partial charge is 0.492 e. The summed E-state index contributed by atoms with van der Waals surface area (Å²) in [5, 5.41) is 13.7. The molecule has 0 spiro atoms. The predicted octanol–water partition coefficient (Wildman–Crippen LogP) is 1.34. The van der Waals surface area contributed by atoms with Crippen LogP contribution in [-0.4, -0.2) is 50.2 Å². The summed E-state index contributed by atoms with van der Waals surface area (Å²) in [7, 11) is 0. The van der Waals surface area contributed by atoms with Crippen LogP contribution in [0.2, 0.25) is 0 Å². The molecule has 0 aliphatic carbocycles. The first kappa shape index (κ1) is 19.6. The van der Waals surface area contributed by atoms with Gasteiger partial charge >= 0.3 is 0 Å². The van der Waals surface area contributed by atoms with E-state index in [1.807, 2.05) is 25.1 Å². The van der Waals surface area contributed by atoms with Crippen LogP contribution >= 0.6 is 0 Å². The van der Waals surface area contributed by atoms with E-state index >= 15 is 0 Å². The Balaban J connectivity index is 1.55. The number of carbonyl (C=O) groups is 1. The number of rotatable bonds is 7. The third-order valence-corrected chi connectivity index (χ3v) is 4.76. The molecule has 0 unspecified atom stereocenters. The maximum Gasteiger partial charge on any atom is 0.292 e. The lowest BCUT2D eigenvalue weighted by molar-refractivity contribution is -0.892. The van der Waals surface area contributed by atoms with Gasteiger partial charge in [0.1, 0.15) is 11.4 Å². The number of benzene rings is 2. The van der Waals surface area contributed by atoms with Crippen molar-refractivity contribution < 1.29 is 19.4 Å². The molecule has 1 heterocycles. The molecule has 1 amide bonds. The number of quaternary nitrogens is 1. The average molecular weight is 385 g/mol. The summed E-state index contributed by atoms with van der Waals surface area (Å²) in [6.07, 6.45) is 0. The molecule has 2 aromatic carbocycles. The number of nitrogens with zero attached hydrogens (tertiary/aromatic N) is 2. The van der Waals surface area contributed by atoms with Crippen LogP contribution in [0, 0.1) is 10.1 Å². The Labute approximate surface area is 163 Å². The van der Waals surface area contributed by atoms with E-state index in [-0.39, 0.29) is 23.8 Å². The van der Waals surface area contributed by atoms with Gasteiger partial charge in [0.15, 0.2) is 6.54 Å². The topological polar surface area (TPSA) is 89.2 Å². The zero-order chi connectivity index (χ0) is 19.9. The fourth-order valence-electron chi connectivity index (χ4n) is 3.40. The first-order valence-electron chi connectivity index (χ1n) is 9.42. The van der Waals surface area contributed by atoms with Crippen molar-refractivity contribution in [1.82, 2.24) is 0 Å². The lowest BCUT2D eigenvalue weighted by atomic mass is 10.2. The Bertz CT molecular complexity index is 834. The number of nitrogens with one attached hydrogen (secondary N) is 2. The van der Waals surface area contributed by atoms with Crippen molar-refractivity contribution >= 4 is 23.0 Å². The highest BCUT2D eigenvalue weighted by Gasteiger charge is 2.25. The van der Waals surface area contributed by atoms with Gasteiger partial charge in [-0.15, -0.1) is 0 Å². The molecular formula is C20H25N4O4+. The molecule has 0 bridgehead atoms. The third kappa shape index (κ3) is 4.77. The molecule has 0 atom stereocenters. The quantitative estimate of drug-likeness (QED) is 0.555. The van der Waals surface area contributed by atoms with E-state index in [1.165, 1.54) is 6.07 Å². The minimum atomic E-state index is -0.489. The second-order valence-electron chi connectivity index (χ2n) is 6.64. The summed E-state index contributed by atoms with van der Waals surface area (Å²) in [4.78, 5) is 26.4. The molecular weight excluding hydrogens is 360 g/mol. The zero-order valence-corrected chi connectivity index (χ0v) is 15.9. The Kier molecular flexibility index (Phi) is 6.44. The summed E-state index contributed by atoms with van der Waals surface area (Å²) < 4.78 is 5.71. The van der Waals surface area contributed by atoms with Gasteiger partial charge in [0.2, 0.25) is 0 Å². The van der Waals surface area contributed by atoms with Crippen LogP contribution in [-0.2, 0) is 4.79 Å². The second kappa shape index (κ2) is 9.18. The van der Waals surface area contributed by atoms with E-state index in [4.69, 9.17) is 4.74 Å². The van der Waals surface area contributed by atoms with Crippen molar-refractivity contribution in [2.45, 2.75) is 6.92 Å². The maximum atomic E-state index is 12.4. The zero-order valence-electron chi connectivity index (χ0n) is 15.9. The maximum absolute atomic E-state index is 12.4. The average Bonchev–Trinajstić information content (AvgIpc) is 2.69. The number of nitro benzene ring substituents is 1. The molecule has 1 aliphatic rings. The van der Waals surface area contributed by atoms with Gasteiger partial charge < -0.3 is 19.9 Å². The minimum Gasteiger partial charge on any atom is -0.492 e. The molecule has 8 nitrogen and oxygen atoms in total. The first-order chi connectivity index (χ1) is 13.6. The highest BCUT2D eigenvalue weighted by molar-refractivity contribution is 5.93. The van der Waals surface area contributed by atoms with Crippen molar-refractivity contribution in [3.05, 3.63) is 58.6 Å². The fraction of sp³-hybridized carbons (Fsp3) is 0.350. The van der Waals surface area contributed by atoms with Crippen molar-refractivity contribution in [3.8, 4) is 5.75 Å². The predicted molar refractivity (Wildman–Crippen MR) is 107 cm³/mol. The molecule has 8 heteroatoms.